The average Bonchev–Trinajstić information content (AvgIpc) is 2.03. The third-order valence-electron chi connectivity index (χ3n) is 1.52. The zero-order valence-corrected chi connectivity index (χ0v) is 6.83. The van der Waals surface area contributed by atoms with Gasteiger partial charge in [0, 0.05) is 6.92 Å². The molecular formula is C8H7NO4. The van der Waals surface area contributed by atoms with Crippen LogP contribution in [0.2, 0.25) is 0 Å². The van der Waals surface area contributed by atoms with E-state index >= 15 is 0 Å². The molecule has 0 bridgehead atoms. The molecular weight excluding hydrogens is 174 g/mol. The highest BCUT2D eigenvalue weighted by molar-refractivity contribution is 5.93. The Morgan fingerprint density at radius 3 is 2.38 bits per heavy atom. The summed E-state index contributed by atoms with van der Waals surface area (Å²) in [7, 11) is 0. The molecule has 1 aromatic rings. The van der Waals surface area contributed by atoms with Crippen molar-refractivity contribution in [3.05, 3.63) is 33.7 Å². The van der Waals surface area contributed by atoms with Crippen LogP contribution in [0.15, 0.2) is 16.9 Å². The van der Waals surface area contributed by atoms with E-state index in [4.69, 9.17) is 5.11 Å². The summed E-state index contributed by atoms with van der Waals surface area (Å²) < 4.78 is 0. The molecule has 0 saturated heterocycles. The first-order chi connectivity index (χ1) is 6.02. The average molecular weight is 181 g/mol. The molecule has 0 radical (unpaired) electrons. The van der Waals surface area contributed by atoms with E-state index in [-0.39, 0.29) is 17.0 Å². The smallest absolute Gasteiger partial charge is 0.341 e. The molecule has 5 heteroatoms. The second-order valence-electron chi connectivity index (χ2n) is 2.48. The number of Topliss-reactive ketones (excluding diaryl/α,β-unsaturated/α-hetero) is 1. The van der Waals surface area contributed by atoms with Gasteiger partial charge in [0.25, 0.3) is 5.56 Å². The van der Waals surface area contributed by atoms with Gasteiger partial charge in [-0.15, -0.1) is 0 Å². The number of ketones is 1. The summed E-state index contributed by atoms with van der Waals surface area (Å²) in [6, 6.07) is 2.38. The number of hydrogen-bond acceptors (Lipinski definition) is 3. The molecule has 0 aliphatic rings. The molecule has 0 aliphatic heterocycles. The topological polar surface area (TPSA) is 87.2 Å². The van der Waals surface area contributed by atoms with Gasteiger partial charge < -0.3 is 10.1 Å². The van der Waals surface area contributed by atoms with Crippen molar-refractivity contribution in [2.75, 3.05) is 0 Å². The van der Waals surface area contributed by atoms with Crippen molar-refractivity contribution in [1.29, 1.82) is 0 Å². The molecule has 13 heavy (non-hydrogen) atoms. The van der Waals surface area contributed by atoms with Gasteiger partial charge in [-0.1, -0.05) is 0 Å². The Bertz CT molecular complexity index is 418. The normalized spacial score (nSPS) is 9.62. The van der Waals surface area contributed by atoms with Crippen LogP contribution in [0.1, 0.15) is 27.8 Å². The fraction of sp³-hybridized carbons (Fsp3) is 0.125. The van der Waals surface area contributed by atoms with E-state index in [1.54, 1.807) is 0 Å². The van der Waals surface area contributed by atoms with Gasteiger partial charge in [0.05, 0.1) is 5.69 Å². The van der Waals surface area contributed by atoms with Crippen LogP contribution in [0, 0.1) is 0 Å². The van der Waals surface area contributed by atoms with Crippen molar-refractivity contribution >= 4 is 11.8 Å². The second-order valence-corrected chi connectivity index (χ2v) is 2.48. The maximum atomic E-state index is 11.0. The number of carbonyl (C=O) groups is 2. The highest BCUT2D eigenvalue weighted by Crippen LogP contribution is 1.95. The summed E-state index contributed by atoms with van der Waals surface area (Å²) in [5.74, 6) is -1.62. The van der Waals surface area contributed by atoms with Crippen LogP contribution in [0.5, 0.6) is 0 Å². The number of aromatic carboxylic acids is 1. The molecule has 1 heterocycles. The largest absolute Gasteiger partial charge is 0.477 e. The van der Waals surface area contributed by atoms with Crippen LogP contribution in [-0.4, -0.2) is 21.8 Å². The minimum atomic E-state index is -1.31. The summed E-state index contributed by atoms with van der Waals surface area (Å²) in [5, 5.41) is 8.49. The lowest BCUT2D eigenvalue weighted by Gasteiger charge is -1.96. The lowest BCUT2D eigenvalue weighted by Crippen LogP contribution is -2.19. The summed E-state index contributed by atoms with van der Waals surface area (Å²) >= 11 is 0. The van der Waals surface area contributed by atoms with Crippen molar-refractivity contribution in [3.63, 3.8) is 0 Å². The van der Waals surface area contributed by atoms with Crippen LogP contribution < -0.4 is 5.56 Å². The maximum absolute atomic E-state index is 11.0. The molecule has 0 unspecified atom stereocenters. The third kappa shape index (κ3) is 1.81. The molecule has 0 fully saturated rings. The zero-order valence-electron chi connectivity index (χ0n) is 6.83. The fourth-order valence-electron chi connectivity index (χ4n) is 0.847. The Hall–Kier alpha value is -1.91. The van der Waals surface area contributed by atoms with Gasteiger partial charge in [-0.3, -0.25) is 9.59 Å². The van der Waals surface area contributed by atoms with Gasteiger partial charge in [0.1, 0.15) is 5.56 Å². The lowest BCUT2D eigenvalue weighted by molar-refractivity contribution is 0.0694. The highest BCUT2D eigenvalue weighted by atomic mass is 16.4. The number of H-pyrrole nitrogens is 1. The summed E-state index contributed by atoms with van der Waals surface area (Å²) in [6.45, 7) is 1.28. The van der Waals surface area contributed by atoms with Crippen molar-refractivity contribution in [3.8, 4) is 0 Å². The van der Waals surface area contributed by atoms with Crippen molar-refractivity contribution < 1.29 is 14.7 Å². The monoisotopic (exact) mass is 181 g/mol. The summed E-state index contributed by atoms with van der Waals surface area (Å²) in [4.78, 5) is 34.3. The van der Waals surface area contributed by atoms with E-state index in [1.165, 1.54) is 13.0 Å². The fourth-order valence-corrected chi connectivity index (χ4v) is 0.847. The summed E-state index contributed by atoms with van der Waals surface area (Å²) in [5.41, 5.74) is -1.03. The number of carboxylic acids is 1. The molecule has 0 saturated carbocycles. The number of carbonyl (C=O) groups excluding carboxylic acids is 1. The number of rotatable bonds is 2. The van der Waals surface area contributed by atoms with Crippen LogP contribution in [0.4, 0.5) is 0 Å². The van der Waals surface area contributed by atoms with Crippen LogP contribution in [0.3, 0.4) is 0 Å². The minimum Gasteiger partial charge on any atom is -0.477 e. The number of hydrogen-bond donors (Lipinski definition) is 2. The van der Waals surface area contributed by atoms with E-state index in [9.17, 15) is 14.4 Å². The van der Waals surface area contributed by atoms with Crippen LogP contribution >= 0.6 is 0 Å². The summed E-state index contributed by atoms with van der Waals surface area (Å²) in [6.07, 6.45) is 0. The SMILES string of the molecule is CC(=O)c1ccc(C(=O)O)c(=O)[nH]1. The number of aromatic nitrogens is 1. The number of carboxylic acid groups (broad SMARTS) is 1. The van der Waals surface area contributed by atoms with Crippen molar-refractivity contribution in [1.82, 2.24) is 4.98 Å². The van der Waals surface area contributed by atoms with Crippen molar-refractivity contribution in [2.24, 2.45) is 0 Å². The minimum absolute atomic E-state index is 0.106. The standard InChI is InChI=1S/C8H7NO4/c1-4(10)6-3-2-5(8(12)13)7(11)9-6/h2-3H,1H3,(H,9,11)(H,12,13). The van der Waals surface area contributed by atoms with E-state index in [1.807, 2.05) is 0 Å². The second kappa shape index (κ2) is 3.22. The Labute approximate surface area is 73.0 Å². The van der Waals surface area contributed by atoms with Crippen LogP contribution in [0.25, 0.3) is 0 Å². The number of aromatic amines is 1. The van der Waals surface area contributed by atoms with Gasteiger partial charge >= 0.3 is 5.97 Å². The van der Waals surface area contributed by atoms with Gasteiger partial charge in [-0.25, -0.2) is 4.79 Å². The quantitative estimate of drug-likeness (QED) is 0.641. The Balaban J connectivity index is 3.29. The maximum Gasteiger partial charge on any atom is 0.341 e. The van der Waals surface area contributed by atoms with Crippen LogP contribution in [-0.2, 0) is 0 Å². The van der Waals surface area contributed by atoms with Gasteiger partial charge in [0.15, 0.2) is 5.78 Å². The first-order valence-corrected chi connectivity index (χ1v) is 3.50. The molecule has 1 rings (SSSR count). The molecule has 5 nitrogen and oxygen atoms in total. The highest BCUT2D eigenvalue weighted by Gasteiger charge is 2.09. The predicted molar refractivity (Wildman–Crippen MR) is 44.0 cm³/mol. The number of pyridine rings is 1. The predicted octanol–water partition coefficient (Wildman–Crippen LogP) is 0.276. The molecule has 0 aromatic carbocycles. The molecule has 2 N–H and O–H groups in total. The molecule has 68 valence electrons. The first-order valence-electron chi connectivity index (χ1n) is 3.50. The van der Waals surface area contributed by atoms with E-state index in [0.717, 1.165) is 6.07 Å². The third-order valence-corrected chi connectivity index (χ3v) is 1.52. The van der Waals surface area contributed by atoms with Gasteiger partial charge in [-0.05, 0) is 12.1 Å². The van der Waals surface area contributed by atoms with Crippen molar-refractivity contribution in [2.45, 2.75) is 6.92 Å². The lowest BCUT2D eigenvalue weighted by atomic mass is 10.2. The Kier molecular flexibility index (Phi) is 2.27. The molecule has 0 aliphatic carbocycles. The Morgan fingerprint density at radius 2 is 2.00 bits per heavy atom. The molecule has 0 atom stereocenters. The Morgan fingerprint density at radius 1 is 1.38 bits per heavy atom. The molecule has 0 amide bonds. The van der Waals surface area contributed by atoms with E-state index in [0.29, 0.717) is 0 Å². The molecule has 1 aromatic heterocycles. The van der Waals surface area contributed by atoms with E-state index < -0.39 is 11.5 Å². The van der Waals surface area contributed by atoms with E-state index in [2.05, 4.69) is 4.98 Å². The molecule has 0 spiro atoms. The first kappa shape index (κ1) is 9.18. The zero-order chi connectivity index (χ0) is 10.0. The van der Waals surface area contributed by atoms with Gasteiger partial charge in [0.2, 0.25) is 0 Å². The van der Waals surface area contributed by atoms with Gasteiger partial charge in [-0.2, -0.15) is 0 Å². The number of nitrogens with one attached hydrogen (secondary N) is 1.